The van der Waals surface area contributed by atoms with Crippen molar-refractivity contribution in [3.63, 3.8) is 0 Å². The Kier molecular flexibility index (Phi) is 4.69. The monoisotopic (exact) mass is 394 g/mol. The number of nitrogens with zero attached hydrogens (tertiary/aromatic N) is 2. The van der Waals surface area contributed by atoms with E-state index in [-0.39, 0.29) is 5.91 Å². The van der Waals surface area contributed by atoms with Crippen LogP contribution in [0.4, 0.5) is 5.69 Å². The Balaban J connectivity index is 1.81. The molecule has 0 N–H and O–H groups in total. The third kappa shape index (κ3) is 3.08. The fraction of sp³-hybridized carbons (Fsp3) is 0.182. The number of carbonyl (C=O) groups excluding carboxylic acids is 1. The van der Waals surface area contributed by atoms with Crippen LogP contribution in [0.3, 0.4) is 0 Å². The van der Waals surface area contributed by atoms with Crippen LogP contribution in [-0.2, 0) is 0 Å². The molecule has 0 saturated carbocycles. The standard InChI is InChI=1S/C22H19ClN2O3/c1-13-21(14(2)28-24-13)18-11-16-5-4-10-25(19(16)12-20(18)27-3)22(26)15-6-8-17(23)9-7-15/h4-9,11-12H,10H2,1-3H3. The van der Waals surface area contributed by atoms with E-state index in [0.717, 1.165) is 33.8 Å². The maximum Gasteiger partial charge on any atom is 0.258 e. The molecule has 0 aliphatic carbocycles. The molecule has 142 valence electrons. The van der Waals surface area contributed by atoms with Crippen LogP contribution < -0.4 is 9.64 Å². The number of halogens is 1. The Morgan fingerprint density at radius 2 is 1.96 bits per heavy atom. The molecule has 0 radical (unpaired) electrons. The van der Waals surface area contributed by atoms with E-state index in [1.165, 1.54) is 0 Å². The minimum absolute atomic E-state index is 0.0885. The largest absolute Gasteiger partial charge is 0.496 e. The molecule has 2 heterocycles. The molecule has 1 amide bonds. The summed E-state index contributed by atoms with van der Waals surface area (Å²) in [5.41, 5.74) is 4.92. The SMILES string of the molecule is COc1cc2c(cc1-c1c(C)noc1C)C=CCN2C(=O)c1ccc(Cl)cc1. The van der Waals surface area contributed by atoms with Gasteiger partial charge in [-0.15, -0.1) is 0 Å². The molecular weight excluding hydrogens is 376 g/mol. The summed E-state index contributed by atoms with van der Waals surface area (Å²) in [4.78, 5) is 14.8. The molecule has 0 spiro atoms. The van der Waals surface area contributed by atoms with Crippen molar-refractivity contribution in [1.29, 1.82) is 0 Å². The van der Waals surface area contributed by atoms with E-state index in [9.17, 15) is 4.79 Å². The van der Waals surface area contributed by atoms with Gasteiger partial charge in [0.1, 0.15) is 11.5 Å². The van der Waals surface area contributed by atoms with Gasteiger partial charge in [0.15, 0.2) is 0 Å². The van der Waals surface area contributed by atoms with Gasteiger partial charge in [0, 0.05) is 28.8 Å². The normalized spacial score (nSPS) is 12.8. The molecule has 1 aliphatic heterocycles. The zero-order valence-corrected chi connectivity index (χ0v) is 16.6. The van der Waals surface area contributed by atoms with Crippen molar-refractivity contribution in [2.24, 2.45) is 0 Å². The zero-order valence-electron chi connectivity index (χ0n) is 15.8. The second-order valence-corrected chi connectivity index (χ2v) is 7.07. The van der Waals surface area contributed by atoms with Gasteiger partial charge in [-0.25, -0.2) is 0 Å². The molecule has 1 aliphatic rings. The molecule has 2 aromatic carbocycles. The number of aromatic nitrogens is 1. The molecule has 5 nitrogen and oxygen atoms in total. The molecule has 1 aromatic heterocycles. The van der Waals surface area contributed by atoms with Crippen molar-refractivity contribution in [2.45, 2.75) is 13.8 Å². The van der Waals surface area contributed by atoms with Crippen molar-refractivity contribution < 1.29 is 14.1 Å². The van der Waals surface area contributed by atoms with Crippen LogP contribution in [-0.4, -0.2) is 24.7 Å². The lowest BCUT2D eigenvalue weighted by molar-refractivity contribution is 0.0989. The van der Waals surface area contributed by atoms with Crippen LogP contribution in [0.15, 0.2) is 47.0 Å². The molecule has 0 bridgehead atoms. The van der Waals surface area contributed by atoms with Gasteiger partial charge >= 0.3 is 0 Å². The van der Waals surface area contributed by atoms with Crippen molar-refractivity contribution >= 4 is 29.3 Å². The maximum absolute atomic E-state index is 13.1. The van der Waals surface area contributed by atoms with Crippen molar-refractivity contribution in [3.8, 4) is 16.9 Å². The number of ether oxygens (including phenoxy) is 1. The van der Waals surface area contributed by atoms with Crippen molar-refractivity contribution in [2.75, 3.05) is 18.6 Å². The Labute approximate surface area is 168 Å². The van der Waals surface area contributed by atoms with Crippen LogP contribution >= 0.6 is 11.6 Å². The lowest BCUT2D eigenvalue weighted by Crippen LogP contribution is -2.33. The van der Waals surface area contributed by atoms with Gasteiger partial charge in [0.2, 0.25) is 0 Å². The van der Waals surface area contributed by atoms with E-state index in [4.69, 9.17) is 20.9 Å². The summed E-state index contributed by atoms with van der Waals surface area (Å²) in [6.45, 7) is 4.26. The number of rotatable bonds is 3. The number of anilines is 1. The van der Waals surface area contributed by atoms with E-state index < -0.39 is 0 Å². The second kappa shape index (κ2) is 7.17. The van der Waals surface area contributed by atoms with Crippen LogP contribution in [0.2, 0.25) is 5.02 Å². The average Bonchev–Trinajstić information content (AvgIpc) is 3.04. The molecule has 0 fully saturated rings. The van der Waals surface area contributed by atoms with Gasteiger partial charge in [-0.2, -0.15) is 0 Å². The molecule has 4 rings (SSSR count). The summed E-state index contributed by atoms with van der Waals surface area (Å²) in [6.07, 6.45) is 3.99. The van der Waals surface area contributed by atoms with E-state index in [1.54, 1.807) is 36.3 Å². The molecule has 0 saturated heterocycles. The van der Waals surface area contributed by atoms with Gasteiger partial charge < -0.3 is 14.2 Å². The summed E-state index contributed by atoms with van der Waals surface area (Å²) in [5, 5.41) is 4.64. The third-order valence-electron chi connectivity index (χ3n) is 4.86. The lowest BCUT2D eigenvalue weighted by Gasteiger charge is -2.27. The van der Waals surface area contributed by atoms with Gasteiger partial charge in [0.25, 0.3) is 5.91 Å². The highest BCUT2D eigenvalue weighted by molar-refractivity contribution is 6.30. The summed E-state index contributed by atoms with van der Waals surface area (Å²) < 4.78 is 11.0. The number of carbonyl (C=O) groups is 1. The summed E-state index contributed by atoms with van der Waals surface area (Å²) in [7, 11) is 1.62. The Bertz CT molecular complexity index is 1060. The van der Waals surface area contributed by atoms with E-state index in [0.29, 0.717) is 22.9 Å². The first kappa shape index (κ1) is 18.3. The average molecular weight is 395 g/mol. The Morgan fingerprint density at radius 1 is 1.21 bits per heavy atom. The quantitative estimate of drug-likeness (QED) is 0.605. The number of aryl methyl sites for hydroxylation is 2. The van der Waals surface area contributed by atoms with Crippen molar-refractivity contribution in [3.05, 3.63) is 70.1 Å². The first-order valence-corrected chi connectivity index (χ1v) is 9.26. The van der Waals surface area contributed by atoms with E-state index in [2.05, 4.69) is 5.16 Å². The van der Waals surface area contributed by atoms with Crippen LogP contribution in [0, 0.1) is 13.8 Å². The smallest absolute Gasteiger partial charge is 0.258 e. The zero-order chi connectivity index (χ0) is 19.8. The first-order chi connectivity index (χ1) is 13.5. The van der Waals surface area contributed by atoms with Gasteiger partial charge in [0.05, 0.1) is 24.1 Å². The molecule has 3 aromatic rings. The maximum atomic E-state index is 13.1. The van der Waals surface area contributed by atoms with Gasteiger partial charge in [-0.05, 0) is 49.7 Å². The molecule has 0 atom stereocenters. The predicted molar refractivity (Wildman–Crippen MR) is 110 cm³/mol. The number of hydrogen-bond donors (Lipinski definition) is 0. The lowest BCUT2D eigenvalue weighted by atomic mass is 9.97. The third-order valence-corrected chi connectivity index (χ3v) is 5.12. The van der Waals surface area contributed by atoms with Crippen LogP contribution in [0.5, 0.6) is 5.75 Å². The fourth-order valence-corrected chi connectivity index (χ4v) is 3.63. The highest BCUT2D eigenvalue weighted by Crippen LogP contribution is 2.41. The fourth-order valence-electron chi connectivity index (χ4n) is 3.51. The predicted octanol–water partition coefficient (Wildman–Crippen LogP) is 5.29. The molecule has 6 heteroatoms. The second-order valence-electron chi connectivity index (χ2n) is 6.64. The topological polar surface area (TPSA) is 55.6 Å². The number of amides is 1. The van der Waals surface area contributed by atoms with E-state index in [1.807, 2.05) is 38.1 Å². The summed E-state index contributed by atoms with van der Waals surface area (Å²) in [5.74, 6) is 1.30. The first-order valence-electron chi connectivity index (χ1n) is 8.89. The molecule has 0 unspecified atom stereocenters. The van der Waals surface area contributed by atoms with Gasteiger partial charge in [-0.3, -0.25) is 4.79 Å². The highest BCUT2D eigenvalue weighted by atomic mass is 35.5. The van der Waals surface area contributed by atoms with Crippen LogP contribution in [0.1, 0.15) is 27.4 Å². The summed E-state index contributed by atoms with van der Waals surface area (Å²) >= 11 is 5.95. The number of methoxy groups -OCH3 is 1. The van der Waals surface area contributed by atoms with Crippen LogP contribution in [0.25, 0.3) is 17.2 Å². The molecule has 28 heavy (non-hydrogen) atoms. The molecular formula is C22H19ClN2O3. The number of hydrogen-bond acceptors (Lipinski definition) is 4. The number of benzene rings is 2. The summed E-state index contributed by atoms with van der Waals surface area (Å²) in [6, 6.07) is 10.8. The minimum atomic E-state index is -0.0885. The Hall–Kier alpha value is -3.05. The minimum Gasteiger partial charge on any atom is -0.496 e. The van der Waals surface area contributed by atoms with Crippen molar-refractivity contribution in [1.82, 2.24) is 5.16 Å². The van der Waals surface area contributed by atoms with E-state index >= 15 is 0 Å². The highest BCUT2D eigenvalue weighted by Gasteiger charge is 2.25. The number of fused-ring (bicyclic) bond motifs is 1. The van der Waals surface area contributed by atoms with Gasteiger partial charge in [-0.1, -0.05) is 28.9 Å². The Morgan fingerprint density at radius 3 is 2.61 bits per heavy atom.